The monoisotopic (exact) mass is 395 g/mol. The van der Waals surface area contributed by atoms with Gasteiger partial charge in [-0.1, -0.05) is 0 Å². The van der Waals surface area contributed by atoms with Gasteiger partial charge in [-0.2, -0.15) is 0 Å². The van der Waals surface area contributed by atoms with Crippen molar-refractivity contribution in [3.63, 3.8) is 0 Å². The van der Waals surface area contributed by atoms with Gasteiger partial charge in [0.05, 0.1) is 10.3 Å². The summed E-state index contributed by atoms with van der Waals surface area (Å²) in [5.74, 6) is -0.236. The maximum Gasteiger partial charge on any atom is 0.251 e. The minimum absolute atomic E-state index is 0.0872. The van der Waals surface area contributed by atoms with Crippen LogP contribution in [0.5, 0.6) is 0 Å². The van der Waals surface area contributed by atoms with Gasteiger partial charge in [0.2, 0.25) is 5.91 Å². The average molecular weight is 396 g/mol. The van der Waals surface area contributed by atoms with Gasteiger partial charge in [-0.25, -0.2) is 0 Å². The highest BCUT2D eigenvalue weighted by Crippen LogP contribution is 2.22. The summed E-state index contributed by atoms with van der Waals surface area (Å²) in [5, 5.41) is 5.39. The van der Waals surface area contributed by atoms with Gasteiger partial charge in [0.25, 0.3) is 5.91 Å². The molecule has 2 amide bonds. The van der Waals surface area contributed by atoms with Crippen molar-refractivity contribution < 1.29 is 9.59 Å². The summed E-state index contributed by atoms with van der Waals surface area (Å²) in [6, 6.07) is 10.9. The first-order chi connectivity index (χ1) is 11.0. The van der Waals surface area contributed by atoms with E-state index in [0.717, 1.165) is 10.3 Å². The molecule has 0 spiro atoms. The van der Waals surface area contributed by atoms with Crippen LogP contribution in [0.1, 0.15) is 15.2 Å². The van der Waals surface area contributed by atoms with Crippen LogP contribution in [-0.4, -0.2) is 37.4 Å². The molecule has 0 atom stereocenters. The summed E-state index contributed by atoms with van der Waals surface area (Å²) in [7, 11) is 3.49. The minimum atomic E-state index is -0.148. The number of benzene rings is 1. The maximum absolute atomic E-state index is 12.1. The number of hydrogen-bond donors (Lipinski definition) is 2. The Morgan fingerprint density at radius 1 is 1.17 bits per heavy atom. The van der Waals surface area contributed by atoms with Crippen LogP contribution in [0.3, 0.4) is 0 Å². The molecule has 1 heterocycles. The second-order valence-corrected chi connectivity index (χ2v) is 7.63. The fraction of sp³-hybridized carbons (Fsp3) is 0.250. The van der Waals surface area contributed by atoms with Crippen molar-refractivity contribution in [1.82, 2.24) is 10.2 Å². The van der Waals surface area contributed by atoms with Gasteiger partial charge in [0.15, 0.2) is 0 Å². The summed E-state index contributed by atoms with van der Waals surface area (Å²) in [5.41, 5.74) is 1.24. The molecule has 0 saturated heterocycles. The molecule has 122 valence electrons. The molecule has 0 aliphatic rings. The normalized spacial score (nSPS) is 10.6. The molecule has 23 heavy (non-hydrogen) atoms. The molecule has 0 saturated carbocycles. The van der Waals surface area contributed by atoms with Crippen LogP contribution < -0.4 is 10.6 Å². The Hall–Kier alpha value is -1.70. The zero-order chi connectivity index (χ0) is 16.8. The largest absolute Gasteiger partial charge is 0.355 e. The zero-order valence-electron chi connectivity index (χ0n) is 12.9. The van der Waals surface area contributed by atoms with E-state index < -0.39 is 0 Å². The van der Waals surface area contributed by atoms with Gasteiger partial charge in [-0.3, -0.25) is 14.5 Å². The number of thiophene rings is 1. The topological polar surface area (TPSA) is 61.4 Å². The van der Waals surface area contributed by atoms with Gasteiger partial charge in [-0.15, -0.1) is 11.3 Å². The first kappa shape index (κ1) is 17.7. The number of anilines is 1. The Kier molecular flexibility index (Phi) is 6.32. The van der Waals surface area contributed by atoms with Crippen LogP contribution >= 0.6 is 27.3 Å². The lowest BCUT2D eigenvalue weighted by Crippen LogP contribution is -2.29. The Bertz CT molecular complexity index is 685. The molecule has 5 nitrogen and oxygen atoms in total. The molecule has 2 rings (SSSR count). The molecule has 2 N–H and O–H groups in total. The van der Waals surface area contributed by atoms with E-state index in [4.69, 9.17) is 0 Å². The van der Waals surface area contributed by atoms with Gasteiger partial charge in [0, 0.05) is 29.7 Å². The predicted molar refractivity (Wildman–Crippen MR) is 96.8 cm³/mol. The lowest BCUT2D eigenvalue weighted by atomic mass is 10.2. The number of halogens is 1. The van der Waals surface area contributed by atoms with Crippen molar-refractivity contribution in [3.05, 3.63) is 50.6 Å². The molecular formula is C16H18BrN3O2S. The summed E-state index contributed by atoms with van der Waals surface area (Å²) in [6.45, 7) is 1.02. The van der Waals surface area contributed by atoms with Crippen molar-refractivity contribution in [3.8, 4) is 0 Å². The standard InChI is InChI=1S/C16H18BrN3O2S/c1-18-16(22)11-3-5-12(6-4-11)19-15(21)10-20(2)9-13-7-8-14(17)23-13/h3-8H,9-10H2,1-2H3,(H,18,22)(H,19,21). The molecule has 0 aliphatic heterocycles. The van der Waals surface area contributed by atoms with E-state index in [1.54, 1.807) is 42.6 Å². The second kappa shape index (κ2) is 8.24. The van der Waals surface area contributed by atoms with Crippen LogP contribution in [0.15, 0.2) is 40.2 Å². The Labute approximate surface area is 147 Å². The van der Waals surface area contributed by atoms with E-state index in [2.05, 4.69) is 26.6 Å². The third-order valence-corrected chi connectivity index (χ3v) is 4.73. The van der Waals surface area contributed by atoms with Crippen molar-refractivity contribution in [2.24, 2.45) is 0 Å². The Morgan fingerprint density at radius 3 is 2.43 bits per heavy atom. The van der Waals surface area contributed by atoms with E-state index >= 15 is 0 Å². The molecule has 2 aromatic rings. The molecule has 0 radical (unpaired) electrons. The predicted octanol–water partition coefficient (Wildman–Crippen LogP) is 2.94. The first-order valence-corrected chi connectivity index (χ1v) is 8.63. The summed E-state index contributed by atoms with van der Waals surface area (Å²) < 4.78 is 1.08. The lowest BCUT2D eigenvalue weighted by Gasteiger charge is -2.15. The van der Waals surface area contributed by atoms with Crippen LogP contribution in [-0.2, 0) is 11.3 Å². The highest BCUT2D eigenvalue weighted by molar-refractivity contribution is 9.11. The second-order valence-electron chi connectivity index (χ2n) is 5.08. The highest BCUT2D eigenvalue weighted by Gasteiger charge is 2.09. The van der Waals surface area contributed by atoms with Crippen molar-refractivity contribution in [2.45, 2.75) is 6.54 Å². The number of likely N-dealkylation sites (N-methyl/N-ethyl adjacent to an activating group) is 1. The molecule has 1 aromatic heterocycles. The molecule has 7 heteroatoms. The lowest BCUT2D eigenvalue weighted by molar-refractivity contribution is -0.117. The van der Waals surface area contributed by atoms with E-state index in [1.807, 2.05) is 24.1 Å². The maximum atomic E-state index is 12.1. The smallest absolute Gasteiger partial charge is 0.251 e. The third kappa shape index (κ3) is 5.46. The third-order valence-electron chi connectivity index (χ3n) is 3.13. The average Bonchev–Trinajstić information content (AvgIpc) is 2.91. The molecule has 0 unspecified atom stereocenters. The van der Waals surface area contributed by atoms with Crippen LogP contribution in [0, 0.1) is 0 Å². The number of nitrogens with one attached hydrogen (secondary N) is 2. The van der Waals surface area contributed by atoms with E-state index in [1.165, 1.54) is 4.88 Å². The zero-order valence-corrected chi connectivity index (χ0v) is 15.3. The number of hydrogen-bond acceptors (Lipinski definition) is 4. The molecule has 0 fully saturated rings. The van der Waals surface area contributed by atoms with Gasteiger partial charge < -0.3 is 10.6 Å². The molecule has 0 bridgehead atoms. The number of carbonyl (C=O) groups excluding carboxylic acids is 2. The fourth-order valence-electron chi connectivity index (χ4n) is 2.05. The number of amides is 2. The van der Waals surface area contributed by atoms with Crippen molar-refractivity contribution in [2.75, 3.05) is 26.0 Å². The van der Waals surface area contributed by atoms with E-state index in [9.17, 15) is 9.59 Å². The Morgan fingerprint density at radius 2 is 1.87 bits per heavy atom. The quantitative estimate of drug-likeness (QED) is 0.790. The fourth-order valence-corrected chi connectivity index (χ4v) is 3.62. The number of rotatable bonds is 6. The minimum Gasteiger partial charge on any atom is -0.355 e. The Balaban J connectivity index is 1.85. The molecule has 0 aliphatic carbocycles. The summed E-state index contributed by atoms with van der Waals surface area (Å²) in [6.07, 6.45) is 0. The summed E-state index contributed by atoms with van der Waals surface area (Å²) in [4.78, 5) is 26.7. The number of nitrogens with zero attached hydrogens (tertiary/aromatic N) is 1. The van der Waals surface area contributed by atoms with Crippen LogP contribution in [0.25, 0.3) is 0 Å². The molecular weight excluding hydrogens is 378 g/mol. The highest BCUT2D eigenvalue weighted by atomic mass is 79.9. The van der Waals surface area contributed by atoms with Gasteiger partial charge in [-0.05, 0) is 59.4 Å². The van der Waals surface area contributed by atoms with E-state index in [0.29, 0.717) is 17.8 Å². The van der Waals surface area contributed by atoms with Crippen LogP contribution in [0.2, 0.25) is 0 Å². The van der Waals surface area contributed by atoms with Gasteiger partial charge >= 0.3 is 0 Å². The van der Waals surface area contributed by atoms with E-state index in [-0.39, 0.29) is 11.8 Å². The van der Waals surface area contributed by atoms with Crippen molar-refractivity contribution in [1.29, 1.82) is 0 Å². The van der Waals surface area contributed by atoms with Crippen LogP contribution in [0.4, 0.5) is 5.69 Å². The van der Waals surface area contributed by atoms with Crippen molar-refractivity contribution >= 4 is 44.8 Å². The molecule has 1 aromatic carbocycles. The van der Waals surface area contributed by atoms with Gasteiger partial charge in [0.1, 0.15) is 0 Å². The first-order valence-electron chi connectivity index (χ1n) is 7.02. The SMILES string of the molecule is CNC(=O)c1ccc(NC(=O)CN(C)Cc2ccc(Br)s2)cc1. The number of carbonyl (C=O) groups is 2. The summed E-state index contributed by atoms with van der Waals surface area (Å²) >= 11 is 5.09.